The summed E-state index contributed by atoms with van der Waals surface area (Å²) in [6, 6.07) is 10.7. The van der Waals surface area contributed by atoms with Crippen molar-refractivity contribution in [3.05, 3.63) is 63.1 Å². The number of nitrogens with zero attached hydrogens (tertiary/aromatic N) is 1. The monoisotopic (exact) mass is 472 g/mol. The van der Waals surface area contributed by atoms with Crippen LogP contribution in [0.2, 0.25) is 10.0 Å². The normalized spacial score (nSPS) is 17.1. The number of halogens is 2. The number of likely N-dealkylation sites (N-methyl/N-ethyl adjacent to an activating group) is 1. The summed E-state index contributed by atoms with van der Waals surface area (Å²) < 4.78 is 37.7. The van der Waals surface area contributed by atoms with Crippen LogP contribution in [0.15, 0.2) is 41.3 Å². The van der Waals surface area contributed by atoms with Crippen molar-refractivity contribution in [2.75, 3.05) is 47.1 Å². The maximum Gasteiger partial charge on any atom is 0.240 e. The predicted octanol–water partition coefficient (Wildman–Crippen LogP) is 3.51. The first-order chi connectivity index (χ1) is 14.3. The van der Waals surface area contributed by atoms with Crippen LogP contribution in [0, 0.1) is 0 Å². The zero-order chi connectivity index (χ0) is 21.7. The van der Waals surface area contributed by atoms with Gasteiger partial charge in [0.2, 0.25) is 10.0 Å². The van der Waals surface area contributed by atoms with E-state index in [1.807, 2.05) is 25.2 Å². The van der Waals surface area contributed by atoms with Gasteiger partial charge < -0.3 is 14.4 Å². The van der Waals surface area contributed by atoms with E-state index >= 15 is 0 Å². The molecule has 0 saturated carbocycles. The van der Waals surface area contributed by atoms with Crippen molar-refractivity contribution in [3.63, 3.8) is 0 Å². The molecule has 0 radical (unpaired) electrons. The minimum Gasteiger partial charge on any atom is -0.382 e. The summed E-state index contributed by atoms with van der Waals surface area (Å²) in [5.41, 5.74) is 3.17. The molecular formula is C21H26Cl2N2O4S. The lowest BCUT2D eigenvalue weighted by atomic mass is 9.85. The summed E-state index contributed by atoms with van der Waals surface area (Å²) in [6.07, 6.45) is 0. The van der Waals surface area contributed by atoms with Crippen LogP contribution in [0.5, 0.6) is 0 Å². The maximum absolute atomic E-state index is 12.5. The molecule has 2 aromatic rings. The van der Waals surface area contributed by atoms with E-state index in [9.17, 15) is 8.42 Å². The number of fused-ring (bicyclic) bond motifs is 1. The molecule has 9 heteroatoms. The van der Waals surface area contributed by atoms with Crippen LogP contribution in [0.25, 0.3) is 0 Å². The quantitative estimate of drug-likeness (QED) is 0.565. The number of ether oxygens (including phenoxy) is 2. The average molecular weight is 473 g/mol. The Kier molecular flexibility index (Phi) is 8.15. The lowest BCUT2D eigenvalue weighted by molar-refractivity contribution is 0.0736. The van der Waals surface area contributed by atoms with Crippen LogP contribution in [-0.4, -0.2) is 60.4 Å². The molecule has 164 valence electrons. The summed E-state index contributed by atoms with van der Waals surface area (Å²) in [5.74, 6) is 0.0637. The molecule has 3 rings (SSSR count). The van der Waals surface area contributed by atoms with Crippen LogP contribution < -0.4 is 4.72 Å². The van der Waals surface area contributed by atoms with Gasteiger partial charge >= 0.3 is 0 Å². The van der Waals surface area contributed by atoms with Crippen LogP contribution in [0.3, 0.4) is 0 Å². The molecule has 1 N–H and O–H groups in total. The van der Waals surface area contributed by atoms with Crippen molar-refractivity contribution in [2.45, 2.75) is 17.4 Å². The molecule has 1 aliphatic heterocycles. The Balaban J connectivity index is 1.73. The number of nitrogens with one attached hydrogen (secondary N) is 1. The topological polar surface area (TPSA) is 67.9 Å². The number of hydrogen-bond donors (Lipinski definition) is 1. The Morgan fingerprint density at radius 2 is 1.87 bits per heavy atom. The van der Waals surface area contributed by atoms with Gasteiger partial charge in [-0.2, -0.15) is 0 Å². The van der Waals surface area contributed by atoms with Crippen molar-refractivity contribution in [3.8, 4) is 0 Å². The molecule has 6 nitrogen and oxygen atoms in total. The molecule has 0 aromatic heterocycles. The van der Waals surface area contributed by atoms with Gasteiger partial charge in [-0.15, -0.1) is 0 Å². The summed E-state index contributed by atoms with van der Waals surface area (Å²) in [6.45, 7) is 2.94. The van der Waals surface area contributed by atoms with Gasteiger partial charge in [0.25, 0.3) is 0 Å². The van der Waals surface area contributed by atoms with E-state index in [0.29, 0.717) is 23.3 Å². The van der Waals surface area contributed by atoms with Crippen LogP contribution >= 0.6 is 23.2 Å². The SMILES string of the molecule is COCCOCCNS(=O)(=O)c1ccc([C@@H]2CN(C)Cc3c(Cl)cc(Cl)cc32)cc1. The highest BCUT2D eigenvalue weighted by molar-refractivity contribution is 7.89. The van der Waals surface area contributed by atoms with Gasteiger partial charge in [0.1, 0.15) is 0 Å². The Bertz CT molecular complexity index is 968. The molecule has 1 heterocycles. The van der Waals surface area contributed by atoms with E-state index in [0.717, 1.165) is 29.8 Å². The molecule has 1 atom stereocenters. The molecule has 0 bridgehead atoms. The number of rotatable bonds is 9. The zero-order valence-electron chi connectivity index (χ0n) is 17.0. The van der Waals surface area contributed by atoms with Gasteiger partial charge in [0.15, 0.2) is 0 Å². The fourth-order valence-corrected chi connectivity index (χ4v) is 5.17. The van der Waals surface area contributed by atoms with Crippen molar-refractivity contribution >= 4 is 33.2 Å². The Labute approximate surface area is 188 Å². The lowest BCUT2D eigenvalue weighted by Gasteiger charge is -2.33. The van der Waals surface area contributed by atoms with Crippen LogP contribution in [0.4, 0.5) is 0 Å². The van der Waals surface area contributed by atoms with E-state index in [2.05, 4.69) is 9.62 Å². The summed E-state index contributed by atoms with van der Waals surface area (Å²) >= 11 is 12.7. The van der Waals surface area contributed by atoms with E-state index in [4.69, 9.17) is 32.7 Å². The third kappa shape index (κ3) is 5.73. The molecule has 2 aromatic carbocycles. The number of hydrogen-bond acceptors (Lipinski definition) is 5. The van der Waals surface area contributed by atoms with Gasteiger partial charge in [-0.3, -0.25) is 0 Å². The molecule has 0 fully saturated rings. The molecule has 0 spiro atoms. The molecule has 0 amide bonds. The first-order valence-corrected chi connectivity index (χ1v) is 11.9. The van der Waals surface area contributed by atoms with E-state index < -0.39 is 10.0 Å². The first-order valence-electron chi connectivity index (χ1n) is 9.64. The standard InChI is InChI=1S/C21H26Cl2N2O4S/c1-25-13-19(18-11-16(22)12-21(23)20(18)14-25)15-3-5-17(6-4-15)30(26,27)24-7-8-29-10-9-28-2/h3-6,11-12,19,24H,7-10,13-14H2,1-2H3/t19-/m0/s1. The van der Waals surface area contributed by atoms with Gasteiger partial charge in [0, 0.05) is 42.7 Å². The van der Waals surface area contributed by atoms with E-state index in [1.54, 1.807) is 25.3 Å². The molecule has 0 aliphatic carbocycles. The third-order valence-corrected chi connectivity index (χ3v) is 7.09. The second-order valence-corrected chi connectivity index (χ2v) is 9.89. The van der Waals surface area contributed by atoms with E-state index in [-0.39, 0.29) is 24.0 Å². The fourth-order valence-electron chi connectivity index (χ4n) is 3.59. The van der Waals surface area contributed by atoms with Gasteiger partial charge in [-0.25, -0.2) is 13.1 Å². The minimum atomic E-state index is -3.60. The summed E-state index contributed by atoms with van der Waals surface area (Å²) in [4.78, 5) is 2.42. The second-order valence-electron chi connectivity index (χ2n) is 7.28. The van der Waals surface area contributed by atoms with Crippen molar-refractivity contribution in [2.24, 2.45) is 0 Å². The van der Waals surface area contributed by atoms with Crippen molar-refractivity contribution in [1.29, 1.82) is 0 Å². The second kappa shape index (κ2) is 10.4. The Morgan fingerprint density at radius 3 is 2.57 bits per heavy atom. The van der Waals surface area contributed by atoms with Gasteiger partial charge in [-0.1, -0.05) is 35.3 Å². The summed E-state index contributed by atoms with van der Waals surface area (Å²) in [7, 11) is 0.0271. The largest absolute Gasteiger partial charge is 0.382 e. The Morgan fingerprint density at radius 1 is 1.13 bits per heavy atom. The predicted molar refractivity (Wildman–Crippen MR) is 119 cm³/mol. The minimum absolute atomic E-state index is 0.0637. The molecule has 1 aliphatic rings. The van der Waals surface area contributed by atoms with Crippen molar-refractivity contribution < 1.29 is 17.9 Å². The molecule has 30 heavy (non-hydrogen) atoms. The fraction of sp³-hybridized carbons (Fsp3) is 0.429. The maximum atomic E-state index is 12.5. The zero-order valence-corrected chi connectivity index (χ0v) is 19.4. The molecule has 0 unspecified atom stereocenters. The van der Waals surface area contributed by atoms with Gasteiger partial charge in [-0.05, 0) is 48.0 Å². The van der Waals surface area contributed by atoms with Gasteiger partial charge in [0.05, 0.1) is 24.7 Å². The Hall–Kier alpha value is -1.19. The molecular weight excluding hydrogens is 447 g/mol. The van der Waals surface area contributed by atoms with Crippen LogP contribution in [-0.2, 0) is 26.0 Å². The molecule has 0 saturated heterocycles. The highest BCUT2D eigenvalue weighted by Gasteiger charge is 2.27. The lowest BCUT2D eigenvalue weighted by Crippen LogP contribution is -2.31. The van der Waals surface area contributed by atoms with E-state index in [1.165, 1.54) is 0 Å². The smallest absolute Gasteiger partial charge is 0.240 e. The average Bonchev–Trinajstić information content (AvgIpc) is 2.71. The highest BCUT2D eigenvalue weighted by Crippen LogP contribution is 2.38. The summed E-state index contributed by atoms with van der Waals surface area (Å²) in [5, 5.41) is 1.26. The number of sulfonamides is 1. The number of benzene rings is 2. The third-order valence-electron chi connectivity index (χ3n) is 5.06. The van der Waals surface area contributed by atoms with Crippen molar-refractivity contribution in [1.82, 2.24) is 9.62 Å². The first kappa shape index (κ1) is 23.5. The number of methoxy groups -OCH3 is 1. The highest BCUT2D eigenvalue weighted by atomic mass is 35.5. The van der Waals surface area contributed by atoms with Crippen LogP contribution in [0.1, 0.15) is 22.6 Å².